The van der Waals surface area contributed by atoms with Crippen molar-refractivity contribution in [1.29, 1.82) is 0 Å². The van der Waals surface area contributed by atoms with E-state index < -0.39 is 0 Å². The summed E-state index contributed by atoms with van der Waals surface area (Å²) in [6.45, 7) is 2.14. The first-order chi connectivity index (χ1) is 13.7. The van der Waals surface area contributed by atoms with Gasteiger partial charge in [0.2, 0.25) is 5.91 Å². The third-order valence-corrected chi connectivity index (χ3v) is 5.55. The number of amides is 1. The minimum Gasteiger partial charge on any atom is -0.495 e. The molecule has 4 aromatic rings. The van der Waals surface area contributed by atoms with Crippen LogP contribution in [-0.2, 0) is 17.6 Å². The molecular formula is C22H21N3O2S. The van der Waals surface area contributed by atoms with Gasteiger partial charge in [-0.05, 0) is 24.1 Å². The van der Waals surface area contributed by atoms with Gasteiger partial charge >= 0.3 is 0 Å². The van der Waals surface area contributed by atoms with Gasteiger partial charge in [0, 0.05) is 22.8 Å². The molecule has 142 valence electrons. The van der Waals surface area contributed by atoms with Crippen LogP contribution in [0.3, 0.4) is 0 Å². The zero-order chi connectivity index (χ0) is 19.5. The first kappa shape index (κ1) is 18.3. The van der Waals surface area contributed by atoms with Gasteiger partial charge in [0.1, 0.15) is 5.75 Å². The zero-order valence-corrected chi connectivity index (χ0v) is 16.6. The Labute approximate surface area is 167 Å². The molecule has 0 atom stereocenters. The smallest absolute Gasteiger partial charge is 0.230 e. The average molecular weight is 391 g/mol. The molecule has 0 saturated heterocycles. The van der Waals surface area contributed by atoms with Gasteiger partial charge in [0.15, 0.2) is 4.96 Å². The predicted molar refractivity (Wildman–Crippen MR) is 113 cm³/mol. The number of hydrogen-bond donors (Lipinski definition) is 1. The fourth-order valence-corrected chi connectivity index (χ4v) is 3.99. The predicted octanol–water partition coefficient (Wildman–Crippen LogP) is 4.82. The molecule has 2 aromatic carbocycles. The maximum absolute atomic E-state index is 12.5. The van der Waals surface area contributed by atoms with E-state index in [0.717, 1.165) is 28.3 Å². The highest BCUT2D eigenvalue weighted by molar-refractivity contribution is 7.15. The van der Waals surface area contributed by atoms with Crippen molar-refractivity contribution in [2.24, 2.45) is 0 Å². The van der Waals surface area contributed by atoms with Crippen molar-refractivity contribution in [2.45, 2.75) is 19.8 Å². The number of aromatic nitrogens is 2. The van der Waals surface area contributed by atoms with Crippen molar-refractivity contribution in [3.63, 3.8) is 0 Å². The van der Waals surface area contributed by atoms with Crippen molar-refractivity contribution in [3.05, 3.63) is 71.4 Å². The van der Waals surface area contributed by atoms with Crippen LogP contribution in [0.5, 0.6) is 5.75 Å². The molecule has 6 heteroatoms. The number of methoxy groups -OCH3 is 1. The SMILES string of the molecule is CCc1ccc(-c2cn3c(CC(=O)Nc4ccccc4OC)csc3n2)cc1. The molecule has 5 nitrogen and oxygen atoms in total. The minimum atomic E-state index is -0.0910. The molecule has 0 spiro atoms. The number of nitrogens with zero attached hydrogens (tertiary/aromatic N) is 2. The van der Waals surface area contributed by atoms with Gasteiger partial charge < -0.3 is 10.1 Å². The molecule has 28 heavy (non-hydrogen) atoms. The second-order valence-electron chi connectivity index (χ2n) is 6.48. The van der Waals surface area contributed by atoms with Crippen LogP contribution in [0.1, 0.15) is 18.2 Å². The lowest BCUT2D eigenvalue weighted by Gasteiger charge is -2.09. The van der Waals surface area contributed by atoms with Crippen molar-refractivity contribution < 1.29 is 9.53 Å². The average Bonchev–Trinajstić information content (AvgIpc) is 3.30. The maximum Gasteiger partial charge on any atom is 0.230 e. The van der Waals surface area contributed by atoms with Gasteiger partial charge in [-0.25, -0.2) is 4.98 Å². The van der Waals surface area contributed by atoms with Crippen molar-refractivity contribution >= 4 is 27.9 Å². The molecule has 0 aliphatic rings. The Morgan fingerprint density at radius 3 is 2.71 bits per heavy atom. The number of para-hydroxylation sites is 2. The van der Waals surface area contributed by atoms with Crippen LogP contribution >= 0.6 is 11.3 Å². The van der Waals surface area contributed by atoms with Crippen molar-refractivity contribution in [3.8, 4) is 17.0 Å². The van der Waals surface area contributed by atoms with E-state index in [1.807, 2.05) is 40.2 Å². The van der Waals surface area contributed by atoms with Crippen molar-refractivity contribution in [1.82, 2.24) is 9.38 Å². The fourth-order valence-electron chi connectivity index (χ4n) is 3.11. The number of rotatable bonds is 6. The maximum atomic E-state index is 12.5. The van der Waals surface area contributed by atoms with E-state index in [4.69, 9.17) is 9.72 Å². The van der Waals surface area contributed by atoms with E-state index in [2.05, 4.69) is 36.5 Å². The number of fused-ring (bicyclic) bond motifs is 1. The van der Waals surface area contributed by atoms with Crippen LogP contribution in [0.15, 0.2) is 60.1 Å². The summed E-state index contributed by atoms with van der Waals surface area (Å²) in [5.74, 6) is 0.554. The number of imidazole rings is 1. The highest BCUT2D eigenvalue weighted by Gasteiger charge is 2.14. The zero-order valence-electron chi connectivity index (χ0n) is 15.8. The van der Waals surface area contributed by atoms with E-state index in [1.54, 1.807) is 18.4 Å². The molecule has 0 unspecified atom stereocenters. The van der Waals surface area contributed by atoms with Gasteiger partial charge in [-0.15, -0.1) is 11.3 Å². The van der Waals surface area contributed by atoms with Gasteiger partial charge in [0.25, 0.3) is 0 Å². The summed E-state index contributed by atoms with van der Waals surface area (Å²) in [6, 6.07) is 15.8. The number of carbonyl (C=O) groups excluding carboxylic acids is 1. The highest BCUT2D eigenvalue weighted by atomic mass is 32.1. The van der Waals surface area contributed by atoms with Gasteiger partial charge in [-0.3, -0.25) is 9.20 Å². The number of anilines is 1. The highest BCUT2D eigenvalue weighted by Crippen LogP contribution is 2.26. The van der Waals surface area contributed by atoms with Crippen LogP contribution < -0.4 is 10.1 Å². The number of ether oxygens (including phenoxy) is 1. The van der Waals surface area contributed by atoms with Crippen LogP contribution in [0.4, 0.5) is 5.69 Å². The van der Waals surface area contributed by atoms with E-state index in [-0.39, 0.29) is 12.3 Å². The van der Waals surface area contributed by atoms with Gasteiger partial charge in [-0.1, -0.05) is 43.3 Å². The van der Waals surface area contributed by atoms with E-state index in [0.29, 0.717) is 11.4 Å². The molecule has 0 aliphatic carbocycles. The molecule has 0 fully saturated rings. The monoisotopic (exact) mass is 391 g/mol. The first-order valence-electron chi connectivity index (χ1n) is 9.15. The summed E-state index contributed by atoms with van der Waals surface area (Å²) in [6.07, 6.45) is 3.28. The third-order valence-electron chi connectivity index (χ3n) is 4.66. The largest absolute Gasteiger partial charge is 0.495 e. The summed E-state index contributed by atoms with van der Waals surface area (Å²) in [5, 5.41) is 4.90. The van der Waals surface area contributed by atoms with E-state index >= 15 is 0 Å². The lowest BCUT2D eigenvalue weighted by Crippen LogP contribution is -2.15. The minimum absolute atomic E-state index is 0.0910. The molecule has 0 bridgehead atoms. The second kappa shape index (κ2) is 7.86. The molecular weight excluding hydrogens is 370 g/mol. The van der Waals surface area contributed by atoms with E-state index in [1.165, 1.54) is 5.56 Å². The molecule has 2 heterocycles. The lowest BCUT2D eigenvalue weighted by atomic mass is 10.1. The quantitative estimate of drug-likeness (QED) is 0.513. The molecule has 0 saturated carbocycles. The number of thiazole rings is 1. The van der Waals surface area contributed by atoms with Crippen LogP contribution in [0.2, 0.25) is 0 Å². The molecule has 4 rings (SSSR count). The molecule has 0 aliphatic heterocycles. The van der Waals surface area contributed by atoms with Crippen LogP contribution in [-0.4, -0.2) is 22.4 Å². The topological polar surface area (TPSA) is 55.6 Å². The van der Waals surface area contributed by atoms with Crippen molar-refractivity contribution in [2.75, 3.05) is 12.4 Å². The first-order valence-corrected chi connectivity index (χ1v) is 10.0. The Morgan fingerprint density at radius 1 is 1.18 bits per heavy atom. The summed E-state index contributed by atoms with van der Waals surface area (Å²) in [5.41, 5.74) is 4.89. The second-order valence-corrected chi connectivity index (χ2v) is 7.32. The Hall–Kier alpha value is -3.12. The standard InChI is InChI=1S/C22H21N3O2S/c1-3-15-8-10-16(11-9-15)19-13-25-17(14-28-22(25)24-19)12-21(26)23-18-6-4-5-7-20(18)27-2/h4-11,13-14H,3,12H2,1-2H3,(H,23,26). The summed E-state index contributed by atoms with van der Waals surface area (Å²) < 4.78 is 7.29. The summed E-state index contributed by atoms with van der Waals surface area (Å²) in [4.78, 5) is 18.1. The number of carbonyl (C=O) groups is 1. The fraction of sp³-hybridized carbons (Fsp3) is 0.182. The Kier molecular flexibility index (Phi) is 5.12. The van der Waals surface area contributed by atoms with Gasteiger partial charge in [-0.2, -0.15) is 0 Å². The number of hydrogen-bond acceptors (Lipinski definition) is 4. The Morgan fingerprint density at radius 2 is 1.96 bits per heavy atom. The number of benzene rings is 2. The molecule has 0 radical (unpaired) electrons. The van der Waals surface area contributed by atoms with Crippen LogP contribution in [0.25, 0.3) is 16.2 Å². The Bertz CT molecular complexity index is 1110. The molecule has 2 aromatic heterocycles. The summed E-state index contributed by atoms with van der Waals surface area (Å²) in [7, 11) is 1.59. The third kappa shape index (κ3) is 3.64. The number of aryl methyl sites for hydroxylation is 1. The summed E-state index contributed by atoms with van der Waals surface area (Å²) >= 11 is 1.54. The number of nitrogens with one attached hydrogen (secondary N) is 1. The van der Waals surface area contributed by atoms with E-state index in [9.17, 15) is 4.79 Å². The van der Waals surface area contributed by atoms with Crippen LogP contribution in [0, 0.1) is 0 Å². The normalized spacial score (nSPS) is 10.9. The Balaban J connectivity index is 1.54. The lowest BCUT2D eigenvalue weighted by molar-refractivity contribution is -0.115. The van der Waals surface area contributed by atoms with Gasteiger partial charge in [0.05, 0.1) is 24.9 Å². The molecule has 1 N–H and O–H groups in total. The molecule has 1 amide bonds.